The average Bonchev–Trinajstić information content (AvgIpc) is 2.52. The van der Waals surface area contributed by atoms with Crippen molar-refractivity contribution in [1.29, 1.82) is 0 Å². The maximum atomic E-state index is 12.0. The Hall–Kier alpha value is -2.39. The largest absolute Gasteiger partial charge is 0.384 e. The molecule has 0 saturated heterocycles. The van der Waals surface area contributed by atoms with E-state index in [0.717, 1.165) is 0 Å². The van der Waals surface area contributed by atoms with Crippen LogP contribution in [0.5, 0.6) is 0 Å². The van der Waals surface area contributed by atoms with Crippen molar-refractivity contribution in [3.8, 4) is 11.8 Å². The fourth-order valence-corrected chi connectivity index (χ4v) is 1.72. The van der Waals surface area contributed by atoms with Crippen LogP contribution in [-0.2, 0) is 4.79 Å². The van der Waals surface area contributed by atoms with Crippen LogP contribution in [0, 0.1) is 11.8 Å². The summed E-state index contributed by atoms with van der Waals surface area (Å²) < 4.78 is 0. The molecule has 0 aliphatic heterocycles. The van der Waals surface area contributed by atoms with E-state index in [-0.39, 0.29) is 25.0 Å². The molecule has 1 heterocycles. The Morgan fingerprint density at radius 1 is 1.33 bits per heavy atom. The molecule has 1 rings (SSSR count). The normalized spacial score (nSPS) is 9.48. The van der Waals surface area contributed by atoms with Crippen LogP contribution in [0.25, 0.3) is 0 Å². The first kappa shape index (κ1) is 16.7. The van der Waals surface area contributed by atoms with Crippen LogP contribution in [0.2, 0.25) is 0 Å². The third-order valence-electron chi connectivity index (χ3n) is 2.83. The van der Waals surface area contributed by atoms with E-state index in [0.29, 0.717) is 24.2 Å². The number of aromatic nitrogens is 1. The Morgan fingerprint density at radius 3 is 2.67 bits per heavy atom. The first-order valence-electron chi connectivity index (χ1n) is 6.73. The predicted molar refractivity (Wildman–Crippen MR) is 78.5 cm³/mol. The molecule has 0 aliphatic rings. The molecule has 0 saturated carbocycles. The summed E-state index contributed by atoms with van der Waals surface area (Å²) in [6.45, 7) is 4.69. The van der Waals surface area contributed by atoms with Crippen molar-refractivity contribution in [3.63, 3.8) is 0 Å². The smallest absolute Gasteiger partial charge is 0.253 e. The van der Waals surface area contributed by atoms with E-state index >= 15 is 0 Å². The first-order chi connectivity index (χ1) is 10.1. The molecule has 112 valence electrons. The van der Waals surface area contributed by atoms with Gasteiger partial charge in [-0.05, 0) is 19.9 Å². The number of rotatable bonds is 5. The highest BCUT2D eigenvalue weighted by Gasteiger charge is 2.12. The molecule has 0 unspecified atom stereocenters. The van der Waals surface area contributed by atoms with Gasteiger partial charge in [-0.3, -0.25) is 14.6 Å². The highest BCUT2D eigenvalue weighted by molar-refractivity contribution is 5.96. The minimum atomic E-state index is -0.379. The molecule has 2 N–H and O–H groups in total. The van der Waals surface area contributed by atoms with Crippen molar-refractivity contribution >= 4 is 11.8 Å². The molecule has 6 nitrogen and oxygen atoms in total. The van der Waals surface area contributed by atoms with Crippen molar-refractivity contribution < 1.29 is 14.7 Å². The molecule has 0 spiro atoms. The molecular formula is C15H19N3O3. The lowest BCUT2D eigenvalue weighted by molar-refractivity contribution is -0.129. The number of nitrogens with one attached hydrogen (secondary N) is 1. The van der Waals surface area contributed by atoms with Crippen molar-refractivity contribution in [3.05, 3.63) is 29.6 Å². The number of amides is 2. The fraction of sp³-hybridized carbons (Fsp3) is 0.400. The second kappa shape index (κ2) is 8.72. The monoisotopic (exact) mass is 289 g/mol. The third kappa shape index (κ3) is 5.24. The number of hydrogen-bond donors (Lipinski definition) is 2. The fourth-order valence-electron chi connectivity index (χ4n) is 1.72. The van der Waals surface area contributed by atoms with E-state index in [4.69, 9.17) is 5.11 Å². The molecule has 2 amide bonds. The minimum Gasteiger partial charge on any atom is -0.384 e. The summed E-state index contributed by atoms with van der Waals surface area (Å²) >= 11 is 0. The van der Waals surface area contributed by atoms with E-state index in [1.807, 2.05) is 13.8 Å². The van der Waals surface area contributed by atoms with Gasteiger partial charge >= 0.3 is 0 Å². The number of aliphatic hydroxyl groups excluding tert-OH is 1. The molecule has 1 aromatic heterocycles. The van der Waals surface area contributed by atoms with E-state index in [1.54, 1.807) is 11.0 Å². The van der Waals surface area contributed by atoms with Crippen LogP contribution in [0.15, 0.2) is 18.5 Å². The summed E-state index contributed by atoms with van der Waals surface area (Å²) in [5, 5.41) is 11.2. The van der Waals surface area contributed by atoms with Gasteiger partial charge in [-0.15, -0.1) is 0 Å². The lowest BCUT2D eigenvalue weighted by Gasteiger charge is -2.18. The van der Waals surface area contributed by atoms with Gasteiger partial charge in [-0.25, -0.2) is 0 Å². The minimum absolute atomic E-state index is 0.0486. The Bertz CT molecular complexity index is 557. The summed E-state index contributed by atoms with van der Waals surface area (Å²) in [4.78, 5) is 29.3. The number of pyridine rings is 1. The van der Waals surface area contributed by atoms with Gasteiger partial charge in [0.1, 0.15) is 6.61 Å². The highest BCUT2D eigenvalue weighted by atomic mass is 16.2. The molecular weight excluding hydrogens is 270 g/mol. The van der Waals surface area contributed by atoms with Gasteiger partial charge in [0.15, 0.2) is 0 Å². The zero-order valence-electron chi connectivity index (χ0n) is 12.2. The zero-order valence-corrected chi connectivity index (χ0v) is 12.2. The van der Waals surface area contributed by atoms with Crippen LogP contribution in [0.3, 0.4) is 0 Å². The van der Waals surface area contributed by atoms with Gasteiger partial charge < -0.3 is 15.3 Å². The Morgan fingerprint density at radius 2 is 2.05 bits per heavy atom. The molecule has 0 aromatic carbocycles. The van der Waals surface area contributed by atoms with Gasteiger partial charge in [0.2, 0.25) is 5.91 Å². The first-order valence-corrected chi connectivity index (χ1v) is 6.73. The second-order valence-electron chi connectivity index (χ2n) is 4.17. The lowest BCUT2D eigenvalue weighted by atomic mass is 10.2. The van der Waals surface area contributed by atoms with Crippen molar-refractivity contribution in [2.45, 2.75) is 13.8 Å². The standard InChI is InChI=1S/C15H19N3O3/c1-3-18(4-2)14(20)11-17-15(21)13-8-12(6-5-7-19)9-16-10-13/h8-10,19H,3-4,7,11H2,1-2H3,(H,17,21). The summed E-state index contributed by atoms with van der Waals surface area (Å²) in [7, 11) is 0. The number of aliphatic hydroxyl groups is 1. The highest BCUT2D eigenvalue weighted by Crippen LogP contribution is 2.01. The number of carbonyl (C=O) groups excluding carboxylic acids is 2. The Balaban J connectivity index is 2.66. The summed E-state index contributed by atoms with van der Waals surface area (Å²) in [5.74, 6) is 4.65. The number of carbonyl (C=O) groups is 2. The van der Waals surface area contributed by atoms with E-state index in [9.17, 15) is 9.59 Å². The van der Waals surface area contributed by atoms with Gasteiger partial charge in [0.25, 0.3) is 5.91 Å². The molecule has 0 aliphatic carbocycles. The van der Waals surface area contributed by atoms with Gasteiger partial charge in [-0.2, -0.15) is 0 Å². The Kier molecular flexibility index (Phi) is 6.92. The third-order valence-corrected chi connectivity index (χ3v) is 2.83. The van der Waals surface area contributed by atoms with E-state index in [1.165, 1.54) is 12.4 Å². The Labute approximate surface area is 124 Å². The molecule has 0 atom stereocenters. The SMILES string of the molecule is CCN(CC)C(=O)CNC(=O)c1cncc(C#CCO)c1. The summed E-state index contributed by atoms with van der Waals surface area (Å²) in [6.07, 6.45) is 2.90. The molecule has 1 aromatic rings. The van der Waals surface area contributed by atoms with Crippen LogP contribution in [0.4, 0.5) is 0 Å². The molecule has 21 heavy (non-hydrogen) atoms. The maximum absolute atomic E-state index is 12.0. The maximum Gasteiger partial charge on any atom is 0.253 e. The summed E-state index contributed by atoms with van der Waals surface area (Å²) in [5.41, 5.74) is 0.860. The van der Waals surface area contributed by atoms with Crippen LogP contribution < -0.4 is 5.32 Å². The molecule has 6 heteroatoms. The van der Waals surface area contributed by atoms with Crippen LogP contribution >= 0.6 is 0 Å². The average molecular weight is 289 g/mol. The quantitative estimate of drug-likeness (QED) is 0.749. The summed E-state index contributed by atoms with van der Waals surface area (Å²) in [6, 6.07) is 1.56. The van der Waals surface area contributed by atoms with Gasteiger partial charge in [0.05, 0.1) is 12.1 Å². The predicted octanol–water partition coefficient (Wildman–Crippen LogP) is 0.0236. The molecule has 0 bridgehead atoms. The van der Waals surface area contributed by atoms with Crippen molar-refractivity contribution in [2.75, 3.05) is 26.2 Å². The van der Waals surface area contributed by atoms with E-state index in [2.05, 4.69) is 22.1 Å². The molecule has 0 fully saturated rings. The second-order valence-corrected chi connectivity index (χ2v) is 4.17. The van der Waals surface area contributed by atoms with E-state index < -0.39 is 0 Å². The zero-order chi connectivity index (χ0) is 15.7. The van der Waals surface area contributed by atoms with Crippen LogP contribution in [0.1, 0.15) is 29.8 Å². The lowest BCUT2D eigenvalue weighted by Crippen LogP contribution is -2.40. The van der Waals surface area contributed by atoms with Crippen molar-refractivity contribution in [2.24, 2.45) is 0 Å². The number of nitrogens with zero attached hydrogens (tertiary/aromatic N) is 2. The van der Waals surface area contributed by atoms with Crippen LogP contribution in [-0.4, -0.2) is 53.0 Å². The van der Waals surface area contributed by atoms with Gasteiger partial charge in [0, 0.05) is 31.0 Å². The number of hydrogen-bond acceptors (Lipinski definition) is 4. The molecule has 0 radical (unpaired) electrons. The topological polar surface area (TPSA) is 82.5 Å². The van der Waals surface area contributed by atoms with Gasteiger partial charge in [-0.1, -0.05) is 11.8 Å². The number of likely N-dealkylation sites (N-methyl/N-ethyl adjacent to an activating group) is 1. The van der Waals surface area contributed by atoms with Crippen molar-refractivity contribution in [1.82, 2.24) is 15.2 Å².